The van der Waals surface area contributed by atoms with E-state index in [4.69, 9.17) is 5.73 Å². The largest absolute Gasteiger partial charge is 0.351 e. The molecule has 0 heterocycles. The molecule has 1 amide bonds. The average molecular weight is 284 g/mol. The summed E-state index contributed by atoms with van der Waals surface area (Å²) >= 11 is 0. The van der Waals surface area contributed by atoms with Crippen LogP contribution in [0.2, 0.25) is 0 Å². The van der Waals surface area contributed by atoms with Gasteiger partial charge in [0.15, 0.2) is 0 Å². The highest BCUT2D eigenvalue weighted by atomic mass is 16.2. The predicted molar refractivity (Wildman–Crippen MR) is 82.3 cm³/mol. The van der Waals surface area contributed by atoms with Gasteiger partial charge in [0.1, 0.15) is 6.04 Å². The minimum Gasteiger partial charge on any atom is -0.351 e. The Morgan fingerprint density at radius 2 is 1.86 bits per heavy atom. The van der Waals surface area contributed by atoms with Gasteiger partial charge in [0, 0.05) is 6.04 Å². The molecule has 4 rings (SSSR count). The molecule has 1 aromatic carbocycles. The number of amides is 1. The summed E-state index contributed by atoms with van der Waals surface area (Å²) in [5, 5.41) is 3.26. The third-order valence-electron chi connectivity index (χ3n) is 6.20. The molecule has 6 atom stereocenters. The quantitative estimate of drug-likeness (QED) is 0.896. The van der Waals surface area contributed by atoms with Gasteiger partial charge in [-0.3, -0.25) is 4.79 Å². The van der Waals surface area contributed by atoms with Gasteiger partial charge >= 0.3 is 0 Å². The first kappa shape index (κ1) is 13.3. The summed E-state index contributed by atoms with van der Waals surface area (Å²) in [6, 6.07) is 9.51. The molecule has 0 saturated heterocycles. The van der Waals surface area contributed by atoms with Crippen LogP contribution in [0.4, 0.5) is 0 Å². The number of fused-ring (bicyclic) bond motifs is 5. The Kier molecular flexibility index (Phi) is 3.26. The molecule has 0 aromatic heterocycles. The fourth-order valence-corrected chi connectivity index (χ4v) is 5.32. The molecule has 6 unspecified atom stereocenters. The lowest BCUT2D eigenvalue weighted by Gasteiger charge is -2.32. The maximum absolute atomic E-state index is 12.4. The molecule has 0 radical (unpaired) electrons. The highest BCUT2D eigenvalue weighted by Crippen LogP contribution is 2.58. The van der Waals surface area contributed by atoms with E-state index in [1.165, 1.54) is 32.1 Å². The highest BCUT2D eigenvalue weighted by molar-refractivity contribution is 5.83. The first-order valence-electron chi connectivity index (χ1n) is 8.35. The van der Waals surface area contributed by atoms with Gasteiger partial charge in [0.2, 0.25) is 5.91 Å². The van der Waals surface area contributed by atoms with Gasteiger partial charge in [-0.1, -0.05) is 36.8 Å². The molecule has 3 aliphatic carbocycles. The molecule has 2 bridgehead atoms. The molecular weight excluding hydrogens is 260 g/mol. The zero-order chi connectivity index (χ0) is 14.4. The van der Waals surface area contributed by atoms with Crippen LogP contribution in [-0.4, -0.2) is 11.9 Å². The van der Waals surface area contributed by atoms with Crippen molar-refractivity contribution < 1.29 is 4.79 Å². The predicted octanol–water partition coefficient (Wildman–Crippen LogP) is 2.63. The second-order valence-electron chi connectivity index (χ2n) is 7.16. The molecule has 3 saturated carbocycles. The zero-order valence-electron chi connectivity index (χ0n) is 12.4. The lowest BCUT2D eigenvalue weighted by molar-refractivity contribution is -0.123. The van der Waals surface area contributed by atoms with Crippen LogP contribution in [0, 0.1) is 23.7 Å². The molecule has 0 spiro atoms. The fraction of sp³-hybridized carbons (Fsp3) is 0.611. The van der Waals surface area contributed by atoms with Crippen LogP contribution >= 0.6 is 0 Å². The van der Waals surface area contributed by atoms with E-state index in [2.05, 4.69) is 5.32 Å². The van der Waals surface area contributed by atoms with Crippen LogP contribution in [0.25, 0.3) is 0 Å². The molecule has 1 aromatic rings. The summed E-state index contributed by atoms with van der Waals surface area (Å²) in [5.41, 5.74) is 7.01. The number of carbonyl (C=O) groups is 1. The monoisotopic (exact) mass is 284 g/mol. The van der Waals surface area contributed by atoms with Gasteiger partial charge in [0.05, 0.1) is 0 Å². The van der Waals surface area contributed by atoms with Crippen LogP contribution < -0.4 is 11.1 Å². The minimum atomic E-state index is -0.537. The molecule has 3 heteroatoms. The molecule has 0 aliphatic heterocycles. The van der Waals surface area contributed by atoms with E-state index in [0.717, 1.165) is 29.2 Å². The summed E-state index contributed by atoms with van der Waals surface area (Å²) in [4.78, 5) is 12.4. The molecule has 3 fully saturated rings. The number of nitrogens with one attached hydrogen (secondary N) is 1. The van der Waals surface area contributed by atoms with Crippen molar-refractivity contribution in [3.8, 4) is 0 Å². The van der Waals surface area contributed by atoms with Crippen molar-refractivity contribution >= 4 is 5.91 Å². The van der Waals surface area contributed by atoms with E-state index in [9.17, 15) is 4.79 Å². The first-order valence-corrected chi connectivity index (χ1v) is 8.35. The summed E-state index contributed by atoms with van der Waals surface area (Å²) in [6.45, 7) is 0. The summed E-state index contributed by atoms with van der Waals surface area (Å²) in [6.07, 6.45) is 6.71. The maximum Gasteiger partial charge on any atom is 0.241 e. The summed E-state index contributed by atoms with van der Waals surface area (Å²) < 4.78 is 0. The lowest BCUT2D eigenvalue weighted by Crippen LogP contribution is -2.45. The van der Waals surface area contributed by atoms with Crippen LogP contribution in [0.1, 0.15) is 43.7 Å². The van der Waals surface area contributed by atoms with Gasteiger partial charge in [-0.05, 0) is 54.9 Å². The molecule has 3 nitrogen and oxygen atoms in total. The van der Waals surface area contributed by atoms with Crippen LogP contribution in [0.3, 0.4) is 0 Å². The molecule has 112 valence electrons. The Balaban J connectivity index is 1.42. The number of benzene rings is 1. The Hall–Kier alpha value is -1.35. The zero-order valence-corrected chi connectivity index (χ0v) is 12.4. The fourth-order valence-electron chi connectivity index (χ4n) is 5.32. The van der Waals surface area contributed by atoms with Crippen LogP contribution in [0.15, 0.2) is 30.3 Å². The number of nitrogens with two attached hydrogens (primary N) is 1. The Morgan fingerprint density at radius 3 is 2.67 bits per heavy atom. The van der Waals surface area contributed by atoms with Crippen molar-refractivity contribution in [3.05, 3.63) is 35.9 Å². The minimum absolute atomic E-state index is 0.00621. The molecule has 3 aliphatic rings. The number of hydrogen-bond donors (Lipinski definition) is 2. The number of hydrogen-bond acceptors (Lipinski definition) is 2. The normalized spacial score (nSPS) is 38.2. The molecule has 3 N–H and O–H groups in total. The molecular formula is C18H24N2O. The Bertz CT molecular complexity index is 529. The number of rotatable bonds is 3. The average Bonchev–Trinajstić information content (AvgIpc) is 3.19. The topological polar surface area (TPSA) is 55.1 Å². The highest BCUT2D eigenvalue weighted by Gasteiger charge is 2.54. The maximum atomic E-state index is 12.4. The van der Waals surface area contributed by atoms with E-state index < -0.39 is 6.04 Å². The third-order valence-corrected chi connectivity index (χ3v) is 6.20. The van der Waals surface area contributed by atoms with E-state index in [1.54, 1.807) is 0 Å². The Labute approximate surface area is 126 Å². The SMILES string of the molecule is NC(C(=O)NC1CC2CC1C1CCCC21)c1ccccc1. The van der Waals surface area contributed by atoms with E-state index in [-0.39, 0.29) is 5.91 Å². The second kappa shape index (κ2) is 5.13. The summed E-state index contributed by atoms with van der Waals surface area (Å²) in [5.74, 6) is 3.41. The lowest BCUT2D eigenvalue weighted by atomic mass is 9.79. The smallest absolute Gasteiger partial charge is 0.241 e. The third kappa shape index (κ3) is 2.18. The van der Waals surface area contributed by atoms with Gasteiger partial charge in [0.25, 0.3) is 0 Å². The molecule has 21 heavy (non-hydrogen) atoms. The van der Waals surface area contributed by atoms with E-state index >= 15 is 0 Å². The van der Waals surface area contributed by atoms with Gasteiger partial charge in [-0.15, -0.1) is 0 Å². The van der Waals surface area contributed by atoms with E-state index in [1.807, 2.05) is 30.3 Å². The van der Waals surface area contributed by atoms with Crippen molar-refractivity contribution in [2.24, 2.45) is 29.4 Å². The van der Waals surface area contributed by atoms with Crippen molar-refractivity contribution in [3.63, 3.8) is 0 Å². The standard InChI is InChI=1S/C18H24N2O/c19-17(11-5-2-1-3-6-11)18(21)20-16-10-12-9-15(16)14-8-4-7-13(12)14/h1-3,5-6,12-17H,4,7-10,19H2,(H,20,21). The van der Waals surface area contributed by atoms with Gasteiger partial charge < -0.3 is 11.1 Å². The van der Waals surface area contributed by atoms with Gasteiger partial charge in [-0.2, -0.15) is 0 Å². The van der Waals surface area contributed by atoms with Crippen LogP contribution in [0.5, 0.6) is 0 Å². The van der Waals surface area contributed by atoms with Crippen molar-refractivity contribution in [1.82, 2.24) is 5.32 Å². The number of carbonyl (C=O) groups excluding carboxylic acids is 1. The second-order valence-corrected chi connectivity index (χ2v) is 7.16. The summed E-state index contributed by atoms with van der Waals surface area (Å²) in [7, 11) is 0. The Morgan fingerprint density at radius 1 is 1.10 bits per heavy atom. The van der Waals surface area contributed by atoms with Crippen molar-refractivity contribution in [1.29, 1.82) is 0 Å². The van der Waals surface area contributed by atoms with E-state index in [0.29, 0.717) is 6.04 Å². The van der Waals surface area contributed by atoms with Crippen molar-refractivity contribution in [2.75, 3.05) is 0 Å². The van der Waals surface area contributed by atoms with Crippen LogP contribution in [-0.2, 0) is 4.79 Å². The van der Waals surface area contributed by atoms with Crippen molar-refractivity contribution in [2.45, 2.75) is 44.2 Å². The first-order chi connectivity index (χ1) is 10.2. The van der Waals surface area contributed by atoms with Gasteiger partial charge in [-0.25, -0.2) is 0 Å².